The van der Waals surface area contributed by atoms with E-state index < -0.39 is 5.91 Å². The monoisotopic (exact) mass is 406 g/mol. The first kappa shape index (κ1) is 16.9. The van der Waals surface area contributed by atoms with E-state index in [1.807, 2.05) is 0 Å². The van der Waals surface area contributed by atoms with Crippen LogP contribution in [0.5, 0.6) is 0 Å². The zero-order valence-corrected chi connectivity index (χ0v) is 15.2. The SMILES string of the molecule is NC(=O)c1c(-c2ccc(Cl)cc2Cl)[nH]n2c(=O)c3ccc(Cl)cc3nc12. The number of carbonyl (C=O) groups is 1. The number of H-pyrrole nitrogens is 1. The van der Waals surface area contributed by atoms with E-state index in [0.29, 0.717) is 31.5 Å². The second-order valence-corrected chi connectivity index (χ2v) is 6.87. The van der Waals surface area contributed by atoms with Gasteiger partial charge in [0, 0.05) is 15.6 Å². The van der Waals surface area contributed by atoms with Gasteiger partial charge in [-0.25, -0.2) is 4.98 Å². The molecule has 2 aromatic heterocycles. The van der Waals surface area contributed by atoms with Crippen molar-refractivity contribution in [3.05, 3.63) is 67.4 Å². The van der Waals surface area contributed by atoms with Gasteiger partial charge in [-0.15, -0.1) is 0 Å². The summed E-state index contributed by atoms with van der Waals surface area (Å²) in [5, 5.41) is 4.38. The fourth-order valence-electron chi connectivity index (χ4n) is 2.83. The number of fused-ring (bicyclic) bond motifs is 2. The molecule has 0 fully saturated rings. The average molecular weight is 408 g/mol. The topological polar surface area (TPSA) is 93.3 Å². The highest BCUT2D eigenvalue weighted by Gasteiger charge is 2.23. The molecule has 1 amide bonds. The lowest BCUT2D eigenvalue weighted by atomic mass is 10.1. The van der Waals surface area contributed by atoms with Crippen LogP contribution in [0.4, 0.5) is 0 Å². The molecule has 0 unspecified atom stereocenters. The maximum absolute atomic E-state index is 12.8. The highest BCUT2D eigenvalue weighted by molar-refractivity contribution is 6.36. The predicted molar refractivity (Wildman–Crippen MR) is 102 cm³/mol. The number of benzene rings is 2. The molecule has 0 saturated carbocycles. The normalized spacial score (nSPS) is 11.3. The molecule has 4 aromatic rings. The van der Waals surface area contributed by atoms with E-state index in [9.17, 15) is 9.59 Å². The fourth-order valence-corrected chi connectivity index (χ4v) is 3.50. The number of primary amides is 1. The van der Waals surface area contributed by atoms with Crippen LogP contribution >= 0.6 is 34.8 Å². The Morgan fingerprint density at radius 1 is 1.08 bits per heavy atom. The first-order valence-electron chi connectivity index (χ1n) is 7.36. The number of hydrogen-bond acceptors (Lipinski definition) is 3. The van der Waals surface area contributed by atoms with E-state index in [1.165, 1.54) is 6.07 Å². The molecule has 4 rings (SSSR count). The van der Waals surface area contributed by atoms with Gasteiger partial charge in [-0.2, -0.15) is 4.52 Å². The zero-order chi connectivity index (χ0) is 18.6. The molecule has 2 heterocycles. The molecule has 0 bridgehead atoms. The highest BCUT2D eigenvalue weighted by Crippen LogP contribution is 2.33. The summed E-state index contributed by atoms with van der Waals surface area (Å²) >= 11 is 18.2. The van der Waals surface area contributed by atoms with Crippen LogP contribution < -0.4 is 11.3 Å². The molecular formula is C17H9Cl3N4O2. The number of hydrogen-bond donors (Lipinski definition) is 2. The van der Waals surface area contributed by atoms with Crippen LogP contribution in [-0.2, 0) is 0 Å². The third-order valence-corrected chi connectivity index (χ3v) is 4.76. The molecule has 0 aliphatic heterocycles. The van der Waals surface area contributed by atoms with Crippen molar-refractivity contribution in [1.29, 1.82) is 0 Å². The van der Waals surface area contributed by atoms with Gasteiger partial charge in [0.2, 0.25) is 0 Å². The summed E-state index contributed by atoms with van der Waals surface area (Å²) in [6.07, 6.45) is 0. The van der Waals surface area contributed by atoms with Crippen molar-refractivity contribution in [3.8, 4) is 11.3 Å². The first-order chi connectivity index (χ1) is 12.4. The number of nitrogens with one attached hydrogen (secondary N) is 1. The second-order valence-electron chi connectivity index (χ2n) is 5.59. The Hall–Kier alpha value is -2.54. The second kappa shape index (κ2) is 6.02. The fraction of sp³-hybridized carbons (Fsp3) is 0. The Labute approximate surface area is 161 Å². The van der Waals surface area contributed by atoms with Gasteiger partial charge in [0.25, 0.3) is 11.5 Å². The minimum absolute atomic E-state index is 0.0493. The number of aromatic amines is 1. The van der Waals surface area contributed by atoms with E-state index in [0.717, 1.165) is 4.52 Å². The van der Waals surface area contributed by atoms with Crippen molar-refractivity contribution < 1.29 is 4.79 Å². The van der Waals surface area contributed by atoms with Gasteiger partial charge in [-0.1, -0.05) is 34.8 Å². The van der Waals surface area contributed by atoms with E-state index in [2.05, 4.69) is 10.1 Å². The molecule has 9 heteroatoms. The van der Waals surface area contributed by atoms with Crippen molar-refractivity contribution in [3.63, 3.8) is 0 Å². The summed E-state index contributed by atoms with van der Waals surface area (Å²) < 4.78 is 1.16. The smallest absolute Gasteiger partial charge is 0.280 e. The largest absolute Gasteiger partial charge is 0.365 e. The summed E-state index contributed by atoms with van der Waals surface area (Å²) in [7, 11) is 0. The van der Waals surface area contributed by atoms with Crippen molar-refractivity contribution in [2.75, 3.05) is 0 Å². The molecule has 0 aliphatic rings. The molecule has 0 saturated heterocycles. The summed E-state index contributed by atoms with van der Waals surface area (Å²) in [6, 6.07) is 9.48. The summed E-state index contributed by atoms with van der Waals surface area (Å²) in [6.45, 7) is 0. The maximum atomic E-state index is 12.8. The van der Waals surface area contributed by atoms with Gasteiger partial charge in [0.15, 0.2) is 5.65 Å². The van der Waals surface area contributed by atoms with Crippen LogP contribution in [-0.4, -0.2) is 20.5 Å². The molecule has 0 spiro atoms. The van der Waals surface area contributed by atoms with E-state index >= 15 is 0 Å². The lowest BCUT2D eigenvalue weighted by Gasteiger charge is -2.03. The molecule has 3 N–H and O–H groups in total. The summed E-state index contributed by atoms with van der Waals surface area (Å²) in [5.74, 6) is -0.752. The highest BCUT2D eigenvalue weighted by atomic mass is 35.5. The van der Waals surface area contributed by atoms with E-state index in [-0.39, 0.29) is 22.5 Å². The Kier molecular flexibility index (Phi) is 3.91. The van der Waals surface area contributed by atoms with Gasteiger partial charge in [-0.05, 0) is 36.4 Å². The van der Waals surface area contributed by atoms with Crippen molar-refractivity contribution in [2.45, 2.75) is 0 Å². The van der Waals surface area contributed by atoms with Crippen LogP contribution in [0.25, 0.3) is 27.8 Å². The molecule has 0 atom stereocenters. The quantitative estimate of drug-likeness (QED) is 0.528. The van der Waals surface area contributed by atoms with E-state index in [1.54, 1.807) is 30.3 Å². The molecule has 130 valence electrons. The number of aromatic nitrogens is 3. The van der Waals surface area contributed by atoms with Crippen LogP contribution in [0.3, 0.4) is 0 Å². The Morgan fingerprint density at radius 2 is 1.77 bits per heavy atom. The van der Waals surface area contributed by atoms with Gasteiger partial charge in [0.1, 0.15) is 5.56 Å². The van der Waals surface area contributed by atoms with Crippen molar-refractivity contribution in [2.24, 2.45) is 5.73 Å². The van der Waals surface area contributed by atoms with Crippen LogP contribution in [0.1, 0.15) is 10.4 Å². The number of halogens is 3. The van der Waals surface area contributed by atoms with Crippen molar-refractivity contribution >= 4 is 57.3 Å². The third kappa shape index (κ3) is 2.54. The molecule has 0 radical (unpaired) electrons. The lowest BCUT2D eigenvalue weighted by molar-refractivity contribution is 0.100. The van der Waals surface area contributed by atoms with Crippen LogP contribution in [0.15, 0.2) is 41.2 Å². The van der Waals surface area contributed by atoms with Crippen LogP contribution in [0.2, 0.25) is 15.1 Å². The molecule has 2 aromatic carbocycles. The Balaban J connectivity index is 2.16. The van der Waals surface area contributed by atoms with Gasteiger partial charge in [0.05, 0.1) is 21.6 Å². The Bertz CT molecular complexity index is 1280. The molecular weight excluding hydrogens is 399 g/mol. The third-order valence-electron chi connectivity index (χ3n) is 3.98. The Morgan fingerprint density at radius 3 is 2.46 bits per heavy atom. The summed E-state index contributed by atoms with van der Waals surface area (Å²) in [4.78, 5) is 29.3. The van der Waals surface area contributed by atoms with Gasteiger partial charge < -0.3 is 5.73 Å². The van der Waals surface area contributed by atoms with Gasteiger partial charge >= 0.3 is 0 Å². The zero-order valence-electron chi connectivity index (χ0n) is 12.9. The van der Waals surface area contributed by atoms with Crippen LogP contribution in [0, 0.1) is 0 Å². The average Bonchev–Trinajstić information content (AvgIpc) is 2.94. The number of rotatable bonds is 2. The molecule has 0 aliphatic carbocycles. The standard InChI is InChI=1S/C17H9Cl3N4O2/c18-7-1-3-9(11(20)5-7)14-13(15(21)25)16-22-12-6-8(19)2-4-10(12)17(26)24(16)23-14/h1-6,23H,(H2,21,25). The minimum Gasteiger partial charge on any atom is -0.365 e. The number of nitrogens with zero attached hydrogens (tertiary/aromatic N) is 2. The van der Waals surface area contributed by atoms with Crippen molar-refractivity contribution in [1.82, 2.24) is 14.6 Å². The number of amides is 1. The predicted octanol–water partition coefficient (Wildman–Crippen LogP) is 3.90. The first-order valence-corrected chi connectivity index (χ1v) is 8.49. The van der Waals surface area contributed by atoms with E-state index in [4.69, 9.17) is 40.5 Å². The number of carbonyl (C=O) groups excluding carboxylic acids is 1. The minimum atomic E-state index is -0.752. The molecule has 6 nitrogen and oxygen atoms in total. The van der Waals surface area contributed by atoms with Gasteiger partial charge in [-0.3, -0.25) is 14.7 Å². The number of nitrogens with two attached hydrogens (primary N) is 1. The lowest BCUT2D eigenvalue weighted by Crippen LogP contribution is -2.17. The molecule has 26 heavy (non-hydrogen) atoms. The maximum Gasteiger partial charge on any atom is 0.280 e. The summed E-state index contributed by atoms with van der Waals surface area (Å²) in [5.41, 5.74) is 6.42.